The maximum atomic E-state index is 13.6. The van der Waals surface area contributed by atoms with Gasteiger partial charge in [-0.25, -0.2) is 25.3 Å². The normalized spacial score (nSPS) is 12.6. The number of fused-ring (bicyclic) bond motifs is 2. The predicted octanol–water partition coefficient (Wildman–Crippen LogP) is -6.42. The maximum Gasteiger partial charge on any atom is 1.00 e. The SMILES string of the molecule is O=c1c(N=Nc2ccc(S(=O)(=O)[O-])c3ccccc23)c/c(=N\Nc2ccc(S(=O)(=O)[O-])cc2)c(=O)/c1=N\Nc1ccc(S(=O)(=O)[O-])c2ccccc12.[Na+].[Na+].[Na+]. The van der Waals surface area contributed by atoms with E-state index in [1.165, 1.54) is 60.7 Å². The van der Waals surface area contributed by atoms with Crippen LogP contribution in [0.3, 0.4) is 0 Å². The third-order valence-electron chi connectivity index (χ3n) is 7.45. The minimum Gasteiger partial charge on any atom is -0.744 e. The van der Waals surface area contributed by atoms with Crippen LogP contribution < -0.4 is 121 Å². The molecule has 0 aliphatic rings. The van der Waals surface area contributed by atoms with Gasteiger partial charge >= 0.3 is 88.7 Å². The van der Waals surface area contributed by atoms with Crippen molar-refractivity contribution in [3.63, 3.8) is 0 Å². The summed E-state index contributed by atoms with van der Waals surface area (Å²) in [7, 11) is -14.5. The number of anilines is 2. The van der Waals surface area contributed by atoms with Gasteiger partial charge in [0.05, 0.1) is 31.7 Å². The van der Waals surface area contributed by atoms with Gasteiger partial charge in [-0.05, 0) is 48.5 Å². The first-order valence-electron chi connectivity index (χ1n) is 14.4. The van der Waals surface area contributed by atoms with Crippen molar-refractivity contribution in [1.82, 2.24) is 0 Å². The van der Waals surface area contributed by atoms with Crippen LogP contribution in [0.4, 0.5) is 22.7 Å². The molecule has 6 aromatic carbocycles. The Morgan fingerprint density at radius 1 is 0.491 bits per heavy atom. The summed E-state index contributed by atoms with van der Waals surface area (Å²) in [6.07, 6.45) is 0. The van der Waals surface area contributed by atoms with Crippen molar-refractivity contribution in [2.45, 2.75) is 14.7 Å². The van der Waals surface area contributed by atoms with Crippen LogP contribution in [0.25, 0.3) is 21.5 Å². The van der Waals surface area contributed by atoms with Gasteiger partial charge in [-0.15, -0.1) is 10.2 Å². The molecule has 0 spiro atoms. The Morgan fingerprint density at radius 2 is 1.00 bits per heavy atom. The molecule has 0 aliphatic heterocycles. The number of hydrogen-bond acceptors (Lipinski definition) is 17. The van der Waals surface area contributed by atoms with Gasteiger partial charge in [0.25, 0.3) is 0 Å². The first kappa shape index (κ1) is 46.4. The largest absolute Gasteiger partial charge is 1.00 e. The molecule has 0 aromatic heterocycles. The molecule has 17 nitrogen and oxygen atoms in total. The second-order valence-corrected chi connectivity index (χ2v) is 14.8. The third kappa shape index (κ3) is 10.5. The van der Waals surface area contributed by atoms with E-state index in [-0.39, 0.29) is 127 Å². The molecule has 0 unspecified atom stereocenters. The fourth-order valence-electron chi connectivity index (χ4n) is 5.06. The summed E-state index contributed by atoms with van der Waals surface area (Å²) in [6.45, 7) is 0. The van der Waals surface area contributed by atoms with Gasteiger partial charge in [0.2, 0.25) is 10.9 Å². The average Bonchev–Trinajstić information content (AvgIpc) is 3.09. The Morgan fingerprint density at radius 3 is 1.56 bits per heavy atom. The van der Waals surface area contributed by atoms with Crippen LogP contribution in [0.5, 0.6) is 0 Å². The van der Waals surface area contributed by atoms with E-state index in [0.29, 0.717) is 0 Å². The van der Waals surface area contributed by atoms with E-state index in [1.807, 2.05) is 0 Å². The molecule has 55 heavy (non-hydrogen) atoms. The molecule has 0 saturated carbocycles. The first-order valence-corrected chi connectivity index (χ1v) is 18.7. The van der Waals surface area contributed by atoms with E-state index in [4.69, 9.17) is 0 Å². The topological polar surface area (TPSA) is 279 Å². The van der Waals surface area contributed by atoms with Gasteiger partial charge in [0, 0.05) is 27.6 Å². The molecule has 0 aliphatic carbocycles. The first-order chi connectivity index (χ1) is 24.5. The van der Waals surface area contributed by atoms with Gasteiger partial charge in [0.1, 0.15) is 41.4 Å². The van der Waals surface area contributed by atoms with E-state index in [0.717, 1.165) is 30.3 Å². The second-order valence-electron chi connectivity index (χ2n) is 10.7. The van der Waals surface area contributed by atoms with E-state index < -0.39 is 72.3 Å². The van der Waals surface area contributed by atoms with Crippen molar-refractivity contribution in [1.29, 1.82) is 0 Å². The molecular formula is C32H19N6Na3O11S3. The summed E-state index contributed by atoms with van der Waals surface area (Å²) in [6, 6.07) is 21.7. The number of rotatable bonds is 9. The Bertz CT molecular complexity index is 3050. The van der Waals surface area contributed by atoms with Crippen molar-refractivity contribution < 1.29 is 128 Å². The number of hydrogen-bond donors (Lipinski definition) is 2. The summed E-state index contributed by atoms with van der Waals surface area (Å²) in [5.41, 5.74) is 2.81. The quantitative estimate of drug-likeness (QED) is 0.0595. The fraction of sp³-hybridized carbons (Fsp3) is 0. The number of benzene rings is 6. The molecule has 0 amide bonds. The molecule has 6 rings (SSSR count). The van der Waals surface area contributed by atoms with Gasteiger partial charge in [-0.2, -0.15) is 10.2 Å². The van der Waals surface area contributed by atoms with Crippen LogP contribution in [0.1, 0.15) is 0 Å². The second kappa shape index (κ2) is 18.5. The van der Waals surface area contributed by atoms with Gasteiger partial charge < -0.3 is 13.7 Å². The van der Waals surface area contributed by atoms with Gasteiger partial charge in [-0.1, -0.05) is 48.5 Å². The van der Waals surface area contributed by atoms with Gasteiger partial charge in [-0.3, -0.25) is 20.4 Å². The van der Waals surface area contributed by atoms with Crippen LogP contribution in [-0.4, -0.2) is 38.9 Å². The minimum absolute atomic E-state index is 0. The molecule has 0 fully saturated rings. The van der Waals surface area contributed by atoms with Crippen molar-refractivity contribution in [3.8, 4) is 0 Å². The molecule has 23 heteroatoms. The molecule has 264 valence electrons. The Hall–Kier alpha value is -3.03. The van der Waals surface area contributed by atoms with E-state index in [2.05, 4.69) is 31.3 Å². The van der Waals surface area contributed by atoms with Crippen LogP contribution in [0.2, 0.25) is 0 Å². The molecule has 0 bridgehead atoms. The van der Waals surface area contributed by atoms with E-state index in [9.17, 15) is 48.5 Å². The van der Waals surface area contributed by atoms with Crippen LogP contribution in [0.15, 0.2) is 148 Å². The third-order valence-corrected chi connectivity index (χ3v) is 10.1. The summed E-state index contributed by atoms with van der Waals surface area (Å²) < 4.78 is 105. The fourth-order valence-corrected chi connectivity index (χ4v) is 6.89. The predicted molar refractivity (Wildman–Crippen MR) is 182 cm³/mol. The Balaban J connectivity index is 0.00000271. The Labute approximate surface area is 378 Å². The number of nitrogens with zero attached hydrogens (tertiary/aromatic N) is 4. The molecule has 0 radical (unpaired) electrons. The average molecular weight is 829 g/mol. The zero-order valence-electron chi connectivity index (χ0n) is 28.8. The van der Waals surface area contributed by atoms with Crippen molar-refractivity contribution in [3.05, 3.63) is 134 Å². The monoisotopic (exact) mass is 828 g/mol. The molecule has 0 saturated heterocycles. The summed E-state index contributed by atoms with van der Waals surface area (Å²) in [4.78, 5) is 25.6. The van der Waals surface area contributed by atoms with Crippen molar-refractivity contribution >= 4 is 74.6 Å². The Kier molecular flexibility index (Phi) is 15.6. The zero-order valence-corrected chi connectivity index (χ0v) is 37.3. The van der Waals surface area contributed by atoms with Crippen LogP contribution >= 0.6 is 0 Å². The maximum absolute atomic E-state index is 13.6. The molecule has 6 aromatic rings. The summed E-state index contributed by atoms with van der Waals surface area (Å²) in [5.74, 6) is 0. The van der Waals surface area contributed by atoms with Gasteiger partial charge in [0.15, 0.2) is 5.36 Å². The van der Waals surface area contributed by atoms with Crippen LogP contribution in [-0.2, 0) is 30.4 Å². The van der Waals surface area contributed by atoms with E-state index in [1.54, 1.807) is 12.1 Å². The zero-order chi connectivity index (χ0) is 37.4. The van der Waals surface area contributed by atoms with Crippen LogP contribution in [0, 0.1) is 0 Å². The molecular weight excluding hydrogens is 810 g/mol. The summed E-state index contributed by atoms with van der Waals surface area (Å²) in [5, 5.41) is 15.3. The van der Waals surface area contributed by atoms with E-state index >= 15 is 0 Å². The molecule has 2 N–H and O–H groups in total. The van der Waals surface area contributed by atoms with Crippen molar-refractivity contribution in [2.75, 3.05) is 10.9 Å². The standard InChI is InChI=1S/C32H22N6O11S3.3Na/c39-31-26(36-33-18-9-11-19(12-10-18)50(41,42)43)17-27(37-34-24-13-15-28(51(44,45)46)22-7-3-1-5-20(22)24)32(40)30(31)38-35-25-14-16-29(52(47,48)49)23-8-4-2-6-21(23)25;;;/h1-17,33,35H,(H,41,42,43)(H,44,45,46)(H,47,48,49);;;/q;3*+1/p-3/b36-26+,37-34?,38-30+;;;. The number of nitrogens with one attached hydrogen (secondary N) is 2. The molecule has 0 atom stereocenters. The molecule has 0 heterocycles. The summed E-state index contributed by atoms with van der Waals surface area (Å²) >= 11 is 0. The smallest absolute Gasteiger partial charge is 0.744 e. The van der Waals surface area contributed by atoms with Crippen molar-refractivity contribution in [2.24, 2.45) is 20.4 Å². The number of azo groups is 1. The minimum atomic E-state index is -4.87.